The van der Waals surface area contributed by atoms with Gasteiger partial charge in [-0.05, 0) is 32.1 Å². The molecule has 0 saturated heterocycles. The molecule has 1 amide bonds. The van der Waals surface area contributed by atoms with Crippen molar-refractivity contribution in [2.24, 2.45) is 0 Å². The molecule has 3 N–H and O–H groups in total. The summed E-state index contributed by atoms with van der Waals surface area (Å²) in [5.41, 5.74) is 0. The molecule has 0 aliphatic carbocycles. The molecule has 0 heterocycles. The zero-order valence-electron chi connectivity index (χ0n) is 51.1. The van der Waals surface area contributed by atoms with Gasteiger partial charge >= 0.3 is 5.97 Å². The van der Waals surface area contributed by atoms with E-state index in [1.54, 1.807) is 6.08 Å². The Morgan fingerprint density at radius 1 is 0.360 bits per heavy atom. The van der Waals surface area contributed by atoms with Crippen molar-refractivity contribution >= 4 is 11.9 Å². The summed E-state index contributed by atoms with van der Waals surface area (Å²) in [6, 6.07) is -0.625. The van der Waals surface area contributed by atoms with Crippen molar-refractivity contribution in [3.05, 3.63) is 12.2 Å². The average Bonchev–Trinajstić information content (AvgIpc) is 3.41. The molecule has 0 spiro atoms. The van der Waals surface area contributed by atoms with Gasteiger partial charge in [-0.3, -0.25) is 9.59 Å². The minimum atomic E-state index is -0.842. The molecule has 0 rings (SSSR count). The molecule has 2 unspecified atom stereocenters. The van der Waals surface area contributed by atoms with E-state index in [9.17, 15) is 19.8 Å². The number of hydrogen-bond acceptors (Lipinski definition) is 5. The van der Waals surface area contributed by atoms with Crippen molar-refractivity contribution in [3.8, 4) is 0 Å². The van der Waals surface area contributed by atoms with Gasteiger partial charge in [-0.2, -0.15) is 0 Å². The van der Waals surface area contributed by atoms with E-state index in [-0.39, 0.29) is 18.5 Å². The summed E-state index contributed by atoms with van der Waals surface area (Å²) in [5.74, 6) is -0.0413. The second-order valence-electron chi connectivity index (χ2n) is 23.9. The molecule has 446 valence electrons. The number of amides is 1. The predicted molar refractivity (Wildman–Crippen MR) is 329 cm³/mol. The number of rotatable bonds is 65. The van der Waals surface area contributed by atoms with Gasteiger partial charge in [-0.1, -0.05) is 360 Å². The molecule has 6 nitrogen and oxygen atoms in total. The Hall–Kier alpha value is -1.40. The highest BCUT2D eigenvalue weighted by atomic mass is 16.5. The second kappa shape index (κ2) is 65.1. The first kappa shape index (κ1) is 73.6. The van der Waals surface area contributed by atoms with Gasteiger partial charge in [0.2, 0.25) is 5.91 Å². The van der Waals surface area contributed by atoms with Crippen molar-refractivity contribution in [1.29, 1.82) is 0 Å². The second-order valence-corrected chi connectivity index (χ2v) is 23.9. The number of unbranched alkanes of at least 4 members (excludes halogenated alkanes) is 54. The lowest BCUT2D eigenvalue weighted by Crippen LogP contribution is -2.45. The molecule has 0 aromatic rings. The highest BCUT2D eigenvalue weighted by molar-refractivity contribution is 5.76. The summed E-state index contributed by atoms with van der Waals surface area (Å²) in [6.07, 6.45) is 80.0. The number of carbonyl (C=O) groups is 2. The van der Waals surface area contributed by atoms with Gasteiger partial charge in [-0.25, -0.2) is 0 Å². The highest BCUT2D eigenvalue weighted by Gasteiger charge is 2.18. The van der Waals surface area contributed by atoms with Crippen LogP contribution in [0.5, 0.6) is 0 Å². The van der Waals surface area contributed by atoms with Crippen molar-refractivity contribution in [3.63, 3.8) is 0 Å². The largest absolute Gasteiger partial charge is 0.466 e. The lowest BCUT2D eigenvalue weighted by molar-refractivity contribution is -0.143. The standard InChI is InChI=1S/C69H135NO5/c1-3-5-7-9-11-13-15-17-18-19-31-34-38-41-45-49-53-57-61-67(72)66(65-71)70-68(73)62-58-54-50-46-42-39-35-32-29-27-25-23-21-20-22-24-26-28-30-33-36-40-44-48-52-56-60-64-75-69(74)63-59-55-51-47-43-37-16-14-12-10-8-6-4-2/h57,61,66-67,71-72H,3-56,58-60,62-65H2,1-2H3,(H,70,73)/b61-57+. The number of ether oxygens (including phenoxy) is 1. The van der Waals surface area contributed by atoms with E-state index < -0.39 is 12.1 Å². The van der Waals surface area contributed by atoms with Crippen LogP contribution in [0.15, 0.2) is 12.2 Å². The van der Waals surface area contributed by atoms with Crippen molar-refractivity contribution in [2.45, 2.75) is 405 Å². The Morgan fingerprint density at radius 2 is 0.613 bits per heavy atom. The lowest BCUT2D eigenvalue weighted by Gasteiger charge is -2.20. The maximum Gasteiger partial charge on any atom is 0.305 e. The van der Waals surface area contributed by atoms with Crippen LogP contribution in [0.2, 0.25) is 0 Å². The third kappa shape index (κ3) is 61.7. The number of aliphatic hydroxyl groups is 2. The Kier molecular flexibility index (Phi) is 63.9. The van der Waals surface area contributed by atoms with E-state index in [4.69, 9.17) is 4.74 Å². The van der Waals surface area contributed by atoms with Crippen LogP contribution >= 0.6 is 0 Å². The van der Waals surface area contributed by atoms with Gasteiger partial charge in [0.25, 0.3) is 0 Å². The molecule has 0 radical (unpaired) electrons. The van der Waals surface area contributed by atoms with Crippen LogP contribution in [-0.4, -0.2) is 47.4 Å². The monoisotopic (exact) mass is 1060 g/mol. The summed E-state index contributed by atoms with van der Waals surface area (Å²) in [6.45, 7) is 4.95. The quantitative estimate of drug-likeness (QED) is 0.0320. The predicted octanol–water partition coefficient (Wildman–Crippen LogP) is 22.0. The third-order valence-corrected chi connectivity index (χ3v) is 16.3. The van der Waals surface area contributed by atoms with Crippen LogP contribution in [0.4, 0.5) is 0 Å². The van der Waals surface area contributed by atoms with Crippen LogP contribution in [0.25, 0.3) is 0 Å². The minimum absolute atomic E-state index is 0.0201. The first-order chi connectivity index (χ1) is 37.0. The third-order valence-electron chi connectivity index (χ3n) is 16.3. The van der Waals surface area contributed by atoms with E-state index in [1.165, 1.54) is 327 Å². The van der Waals surface area contributed by atoms with Crippen LogP contribution in [-0.2, 0) is 14.3 Å². The molecule has 0 aliphatic rings. The minimum Gasteiger partial charge on any atom is -0.466 e. The summed E-state index contributed by atoms with van der Waals surface area (Å²) in [5, 5.41) is 23.2. The molecule has 0 bridgehead atoms. The van der Waals surface area contributed by atoms with Gasteiger partial charge < -0.3 is 20.3 Å². The Balaban J connectivity index is 3.36. The maximum atomic E-state index is 12.5. The molecule has 2 atom stereocenters. The van der Waals surface area contributed by atoms with Gasteiger partial charge in [0.15, 0.2) is 0 Å². The number of aliphatic hydroxyl groups excluding tert-OH is 2. The number of esters is 1. The fraction of sp³-hybridized carbons (Fsp3) is 0.942. The summed E-state index contributed by atoms with van der Waals surface area (Å²) in [7, 11) is 0. The maximum absolute atomic E-state index is 12.5. The molecule has 0 saturated carbocycles. The zero-order valence-corrected chi connectivity index (χ0v) is 51.1. The lowest BCUT2D eigenvalue weighted by atomic mass is 10.0. The highest BCUT2D eigenvalue weighted by Crippen LogP contribution is 2.19. The van der Waals surface area contributed by atoms with Crippen LogP contribution < -0.4 is 5.32 Å². The summed E-state index contributed by atoms with van der Waals surface area (Å²) < 4.78 is 5.49. The van der Waals surface area contributed by atoms with Crippen LogP contribution in [0.1, 0.15) is 393 Å². The molecule has 0 aromatic carbocycles. The van der Waals surface area contributed by atoms with E-state index in [1.807, 2.05) is 6.08 Å². The summed E-state index contributed by atoms with van der Waals surface area (Å²) in [4.78, 5) is 24.5. The Bertz CT molecular complexity index is 1130. The average molecular weight is 1060 g/mol. The SMILES string of the molecule is CCCCCCCCCCCCCCCCCC/C=C/C(O)C(CO)NC(=O)CCCCCCCCCCCCCCCCCCCCCCCCCCCCCOC(=O)CCCCCCCCCCCCCCC. The van der Waals surface area contributed by atoms with Crippen LogP contribution in [0.3, 0.4) is 0 Å². The molecule has 75 heavy (non-hydrogen) atoms. The summed E-state index contributed by atoms with van der Waals surface area (Å²) >= 11 is 0. The van der Waals surface area contributed by atoms with Gasteiger partial charge in [0.1, 0.15) is 0 Å². The van der Waals surface area contributed by atoms with E-state index in [0.29, 0.717) is 19.4 Å². The number of hydrogen-bond donors (Lipinski definition) is 3. The van der Waals surface area contributed by atoms with E-state index in [0.717, 1.165) is 38.5 Å². The first-order valence-corrected chi connectivity index (χ1v) is 34.5. The molecule has 0 aromatic heterocycles. The Labute approximate surface area is 469 Å². The normalized spacial score (nSPS) is 12.5. The smallest absolute Gasteiger partial charge is 0.305 e. The van der Waals surface area contributed by atoms with E-state index in [2.05, 4.69) is 19.2 Å². The van der Waals surface area contributed by atoms with Crippen molar-refractivity contribution in [1.82, 2.24) is 5.32 Å². The molecule has 6 heteroatoms. The molecule has 0 fully saturated rings. The molecular formula is C69H135NO5. The number of nitrogens with one attached hydrogen (secondary N) is 1. The van der Waals surface area contributed by atoms with Crippen molar-refractivity contribution < 1.29 is 24.5 Å². The van der Waals surface area contributed by atoms with Gasteiger partial charge in [0.05, 0.1) is 25.4 Å². The first-order valence-electron chi connectivity index (χ1n) is 34.5. The Morgan fingerprint density at radius 3 is 0.907 bits per heavy atom. The fourth-order valence-electron chi connectivity index (χ4n) is 11.1. The van der Waals surface area contributed by atoms with E-state index >= 15 is 0 Å². The van der Waals surface area contributed by atoms with Gasteiger partial charge in [-0.15, -0.1) is 0 Å². The number of carbonyl (C=O) groups excluding carboxylic acids is 2. The van der Waals surface area contributed by atoms with Gasteiger partial charge in [0, 0.05) is 12.8 Å². The molecular weight excluding hydrogens is 923 g/mol. The number of allylic oxidation sites excluding steroid dienone is 1. The fourth-order valence-corrected chi connectivity index (χ4v) is 11.1. The van der Waals surface area contributed by atoms with Crippen molar-refractivity contribution in [2.75, 3.05) is 13.2 Å². The zero-order chi connectivity index (χ0) is 54.3. The van der Waals surface area contributed by atoms with Crippen LogP contribution in [0, 0.1) is 0 Å². The topological polar surface area (TPSA) is 95.9 Å². The molecule has 0 aliphatic heterocycles.